The SMILES string of the molecule is COC[C@H]1CCN(c2ncc(C(C)(C)C(=O)O)c(N3CCOCC3)n2)C1. The summed E-state index contributed by atoms with van der Waals surface area (Å²) in [5.74, 6) is 0.964. The first-order valence-electron chi connectivity index (χ1n) is 9.11. The van der Waals surface area contributed by atoms with E-state index >= 15 is 0 Å². The Morgan fingerprint density at radius 2 is 2.08 bits per heavy atom. The van der Waals surface area contributed by atoms with E-state index in [9.17, 15) is 9.90 Å². The van der Waals surface area contributed by atoms with Crippen molar-refractivity contribution >= 4 is 17.7 Å². The van der Waals surface area contributed by atoms with Crippen molar-refractivity contribution in [3.05, 3.63) is 11.8 Å². The molecule has 2 fully saturated rings. The molecular formula is C18H28N4O4. The molecule has 2 aliphatic rings. The van der Waals surface area contributed by atoms with Crippen molar-refractivity contribution in [3.63, 3.8) is 0 Å². The van der Waals surface area contributed by atoms with E-state index < -0.39 is 11.4 Å². The molecule has 0 saturated carbocycles. The standard InChI is InChI=1S/C18H28N4O4/c1-18(2,16(23)24)14-10-19-17(22-5-4-13(11-22)12-25-3)20-15(14)21-6-8-26-9-7-21/h10,13H,4-9,11-12H2,1-3H3,(H,23,24)/t13-/m0/s1. The van der Waals surface area contributed by atoms with Gasteiger partial charge in [-0.15, -0.1) is 0 Å². The van der Waals surface area contributed by atoms with Crippen LogP contribution >= 0.6 is 0 Å². The minimum atomic E-state index is -1.06. The van der Waals surface area contributed by atoms with Crippen LogP contribution in [-0.4, -0.2) is 74.2 Å². The van der Waals surface area contributed by atoms with Crippen LogP contribution in [0.2, 0.25) is 0 Å². The van der Waals surface area contributed by atoms with Gasteiger partial charge in [-0.2, -0.15) is 4.98 Å². The normalized spacial score (nSPS) is 21.3. The van der Waals surface area contributed by atoms with E-state index in [2.05, 4.69) is 14.8 Å². The highest BCUT2D eigenvalue weighted by Gasteiger charge is 2.36. The zero-order chi connectivity index (χ0) is 18.7. The van der Waals surface area contributed by atoms with Crippen LogP contribution in [0.3, 0.4) is 0 Å². The molecular weight excluding hydrogens is 336 g/mol. The summed E-state index contributed by atoms with van der Waals surface area (Å²) in [6.45, 7) is 8.51. The first-order valence-corrected chi connectivity index (χ1v) is 9.11. The third-order valence-corrected chi connectivity index (χ3v) is 5.25. The maximum atomic E-state index is 11.8. The molecule has 2 saturated heterocycles. The number of carboxylic acid groups (broad SMARTS) is 1. The Kier molecular flexibility index (Phi) is 5.62. The minimum Gasteiger partial charge on any atom is -0.481 e. The zero-order valence-corrected chi connectivity index (χ0v) is 15.8. The molecule has 26 heavy (non-hydrogen) atoms. The summed E-state index contributed by atoms with van der Waals surface area (Å²) in [5.41, 5.74) is -0.418. The number of methoxy groups -OCH3 is 1. The van der Waals surface area contributed by atoms with Gasteiger partial charge in [-0.05, 0) is 20.3 Å². The van der Waals surface area contributed by atoms with Crippen molar-refractivity contribution in [2.24, 2.45) is 5.92 Å². The van der Waals surface area contributed by atoms with Crippen molar-refractivity contribution in [1.29, 1.82) is 0 Å². The fourth-order valence-corrected chi connectivity index (χ4v) is 3.47. The number of aromatic nitrogens is 2. The number of rotatable bonds is 6. The molecule has 0 radical (unpaired) electrons. The summed E-state index contributed by atoms with van der Waals surface area (Å²) in [5, 5.41) is 9.67. The predicted molar refractivity (Wildman–Crippen MR) is 97.9 cm³/mol. The Morgan fingerprint density at radius 1 is 1.35 bits per heavy atom. The van der Waals surface area contributed by atoms with Crippen molar-refractivity contribution in [1.82, 2.24) is 9.97 Å². The fraction of sp³-hybridized carbons (Fsp3) is 0.722. The van der Waals surface area contributed by atoms with Crippen molar-refractivity contribution < 1.29 is 19.4 Å². The Balaban J connectivity index is 1.93. The first kappa shape index (κ1) is 18.8. The molecule has 0 aliphatic carbocycles. The fourth-order valence-electron chi connectivity index (χ4n) is 3.47. The van der Waals surface area contributed by atoms with E-state index in [-0.39, 0.29) is 0 Å². The Bertz CT molecular complexity index is 646. The van der Waals surface area contributed by atoms with Crippen LogP contribution in [0.15, 0.2) is 6.20 Å². The summed E-state index contributed by atoms with van der Waals surface area (Å²) in [4.78, 5) is 25.4. The molecule has 0 bridgehead atoms. The van der Waals surface area contributed by atoms with E-state index in [1.807, 2.05) is 0 Å². The van der Waals surface area contributed by atoms with Crippen LogP contribution in [0.5, 0.6) is 0 Å². The van der Waals surface area contributed by atoms with Gasteiger partial charge in [0.25, 0.3) is 0 Å². The van der Waals surface area contributed by atoms with Gasteiger partial charge in [0.2, 0.25) is 5.95 Å². The van der Waals surface area contributed by atoms with Gasteiger partial charge in [0.05, 0.1) is 25.2 Å². The maximum absolute atomic E-state index is 11.8. The van der Waals surface area contributed by atoms with Gasteiger partial charge in [0.1, 0.15) is 5.82 Å². The number of carbonyl (C=O) groups is 1. The molecule has 0 amide bonds. The first-order chi connectivity index (χ1) is 12.4. The van der Waals surface area contributed by atoms with Gasteiger partial charge in [0.15, 0.2) is 0 Å². The van der Waals surface area contributed by atoms with Crippen LogP contribution in [0.1, 0.15) is 25.8 Å². The molecule has 3 heterocycles. The van der Waals surface area contributed by atoms with Crippen LogP contribution in [0, 0.1) is 5.92 Å². The van der Waals surface area contributed by atoms with Gasteiger partial charge < -0.3 is 24.4 Å². The molecule has 1 N–H and O–H groups in total. The summed E-state index contributed by atoms with van der Waals surface area (Å²) in [6, 6.07) is 0. The number of ether oxygens (including phenoxy) is 2. The topological polar surface area (TPSA) is 88.0 Å². The quantitative estimate of drug-likeness (QED) is 0.804. The molecule has 1 atom stereocenters. The third kappa shape index (κ3) is 3.76. The molecule has 8 heteroatoms. The predicted octanol–water partition coefficient (Wildman–Crippen LogP) is 1.15. The number of nitrogens with zero attached hydrogens (tertiary/aromatic N) is 4. The van der Waals surface area contributed by atoms with Gasteiger partial charge in [0, 0.05) is 51.0 Å². The Hall–Kier alpha value is -1.93. The lowest BCUT2D eigenvalue weighted by Crippen LogP contribution is -2.40. The van der Waals surface area contributed by atoms with Gasteiger partial charge >= 0.3 is 5.97 Å². The second-order valence-electron chi connectivity index (χ2n) is 7.49. The van der Waals surface area contributed by atoms with Gasteiger partial charge in [-0.1, -0.05) is 0 Å². The highest BCUT2D eigenvalue weighted by molar-refractivity contribution is 5.82. The number of aliphatic carboxylic acids is 1. The van der Waals surface area contributed by atoms with E-state index in [1.165, 1.54) is 0 Å². The molecule has 3 rings (SSSR count). The summed E-state index contributed by atoms with van der Waals surface area (Å²) < 4.78 is 10.7. The lowest BCUT2D eigenvalue weighted by Gasteiger charge is -2.33. The van der Waals surface area contributed by atoms with E-state index in [0.29, 0.717) is 49.6 Å². The number of anilines is 2. The minimum absolute atomic E-state index is 0.477. The number of carboxylic acids is 1. The molecule has 0 aromatic carbocycles. The largest absolute Gasteiger partial charge is 0.481 e. The highest BCUT2D eigenvalue weighted by Crippen LogP contribution is 2.33. The molecule has 144 valence electrons. The lowest BCUT2D eigenvalue weighted by molar-refractivity contribution is -0.142. The average molecular weight is 364 g/mol. The molecule has 2 aliphatic heterocycles. The van der Waals surface area contributed by atoms with Gasteiger partial charge in [-0.25, -0.2) is 4.98 Å². The van der Waals surface area contributed by atoms with Gasteiger partial charge in [-0.3, -0.25) is 4.79 Å². The number of hydrogen-bond donors (Lipinski definition) is 1. The Labute approximate surface area is 154 Å². The summed E-state index contributed by atoms with van der Waals surface area (Å²) >= 11 is 0. The smallest absolute Gasteiger partial charge is 0.313 e. The summed E-state index contributed by atoms with van der Waals surface area (Å²) in [7, 11) is 1.72. The Morgan fingerprint density at radius 3 is 2.73 bits per heavy atom. The molecule has 1 aromatic rings. The monoisotopic (exact) mass is 364 g/mol. The molecule has 0 spiro atoms. The van der Waals surface area contributed by atoms with Crippen LogP contribution in [-0.2, 0) is 19.7 Å². The van der Waals surface area contributed by atoms with E-state index in [4.69, 9.17) is 14.5 Å². The molecule has 0 unspecified atom stereocenters. The van der Waals surface area contributed by atoms with Crippen molar-refractivity contribution in [3.8, 4) is 0 Å². The zero-order valence-electron chi connectivity index (χ0n) is 15.8. The average Bonchev–Trinajstić information content (AvgIpc) is 3.11. The number of hydrogen-bond acceptors (Lipinski definition) is 7. The van der Waals surface area contributed by atoms with Crippen LogP contribution < -0.4 is 9.80 Å². The second-order valence-corrected chi connectivity index (χ2v) is 7.49. The number of morpholine rings is 1. The maximum Gasteiger partial charge on any atom is 0.313 e. The molecule has 8 nitrogen and oxygen atoms in total. The highest BCUT2D eigenvalue weighted by atomic mass is 16.5. The third-order valence-electron chi connectivity index (χ3n) is 5.25. The van der Waals surface area contributed by atoms with Crippen molar-refractivity contribution in [2.45, 2.75) is 25.7 Å². The summed E-state index contributed by atoms with van der Waals surface area (Å²) in [6.07, 6.45) is 2.73. The lowest BCUT2D eigenvalue weighted by atomic mass is 9.85. The van der Waals surface area contributed by atoms with E-state index in [0.717, 1.165) is 26.1 Å². The molecule has 1 aromatic heterocycles. The second kappa shape index (κ2) is 7.75. The van der Waals surface area contributed by atoms with Crippen LogP contribution in [0.4, 0.5) is 11.8 Å². The van der Waals surface area contributed by atoms with Crippen molar-refractivity contribution in [2.75, 3.05) is 62.9 Å². The van der Waals surface area contributed by atoms with E-state index in [1.54, 1.807) is 27.2 Å². The van der Waals surface area contributed by atoms with Crippen LogP contribution in [0.25, 0.3) is 0 Å².